The Kier molecular flexibility index (Phi) is 4.10. The monoisotopic (exact) mass is 305 g/mol. The maximum Gasteiger partial charge on any atom is 0.333 e. The van der Waals surface area contributed by atoms with Crippen molar-refractivity contribution in [2.45, 2.75) is 31.7 Å². The van der Waals surface area contributed by atoms with Crippen molar-refractivity contribution in [1.29, 1.82) is 0 Å². The number of nitrogens with zero attached hydrogens (tertiary/aromatic N) is 1. The molecule has 1 saturated heterocycles. The van der Waals surface area contributed by atoms with Gasteiger partial charge in [-0.05, 0) is 30.7 Å². The lowest BCUT2D eigenvalue weighted by molar-refractivity contribution is -0.140. The van der Waals surface area contributed by atoms with Crippen molar-refractivity contribution in [1.82, 2.24) is 4.90 Å². The molecule has 0 radical (unpaired) electrons. The number of carbonyl (C=O) groups is 2. The SMILES string of the molecule is CN1C(=O)C[C@@H](COC(=O)C2=CCCC2)[C@H]1c1cccs1. The van der Waals surface area contributed by atoms with E-state index in [0.717, 1.165) is 29.7 Å². The maximum atomic E-state index is 12.0. The van der Waals surface area contributed by atoms with E-state index in [0.29, 0.717) is 13.0 Å². The Bertz CT molecular complexity index is 564. The number of ether oxygens (including phenoxy) is 1. The second kappa shape index (κ2) is 6.02. The smallest absolute Gasteiger partial charge is 0.333 e. The first-order valence-electron chi connectivity index (χ1n) is 7.32. The van der Waals surface area contributed by atoms with Crippen LogP contribution < -0.4 is 0 Å². The fourth-order valence-electron chi connectivity index (χ4n) is 3.12. The summed E-state index contributed by atoms with van der Waals surface area (Å²) in [4.78, 5) is 26.9. The third-order valence-electron chi connectivity index (χ3n) is 4.26. The van der Waals surface area contributed by atoms with Crippen LogP contribution in [0.15, 0.2) is 29.2 Å². The Balaban J connectivity index is 1.66. The van der Waals surface area contributed by atoms with Gasteiger partial charge in [0.25, 0.3) is 0 Å². The molecule has 0 aromatic carbocycles. The molecule has 0 unspecified atom stereocenters. The third kappa shape index (κ3) is 2.88. The van der Waals surface area contributed by atoms with Gasteiger partial charge in [0, 0.05) is 29.8 Å². The van der Waals surface area contributed by atoms with Crippen molar-refractivity contribution in [3.63, 3.8) is 0 Å². The van der Waals surface area contributed by atoms with Gasteiger partial charge in [-0.15, -0.1) is 11.3 Å². The number of amides is 1. The number of allylic oxidation sites excluding steroid dienone is 1. The molecule has 2 atom stereocenters. The van der Waals surface area contributed by atoms with E-state index >= 15 is 0 Å². The van der Waals surface area contributed by atoms with Crippen LogP contribution in [0, 0.1) is 5.92 Å². The van der Waals surface area contributed by atoms with Crippen LogP contribution >= 0.6 is 11.3 Å². The quantitative estimate of drug-likeness (QED) is 0.804. The van der Waals surface area contributed by atoms with Gasteiger partial charge >= 0.3 is 5.97 Å². The molecule has 5 heteroatoms. The molecule has 1 aromatic rings. The standard InChI is InChI=1S/C16H19NO3S/c1-17-14(18)9-12(15(17)13-7-4-8-21-13)10-20-16(19)11-5-2-3-6-11/h4-5,7-8,12,15H,2-3,6,9-10H2,1H3/t12-,15-/m0/s1. The van der Waals surface area contributed by atoms with Crippen LogP contribution in [0.2, 0.25) is 0 Å². The molecule has 4 nitrogen and oxygen atoms in total. The minimum atomic E-state index is -0.209. The summed E-state index contributed by atoms with van der Waals surface area (Å²) in [5.74, 6) is -0.0407. The van der Waals surface area contributed by atoms with Gasteiger partial charge in [0.2, 0.25) is 5.91 Å². The summed E-state index contributed by atoms with van der Waals surface area (Å²) in [7, 11) is 1.83. The maximum absolute atomic E-state index is 12.0. The number of rotatable bonds is 4. The first-order valence-corrected chi connectivity index (χ1v) is 8.20. The van der Waals surface area contributed by atoms with E-state index in [4.69, 9.17) is 4.74 Å². The van der Waals surface area contributed by atoms with E-state index in [1.807, 2.05) is 30.6 Å². The summed E-state index contributed by atoms with van der Waals surface area (Å²) in [6.45, 7) is 0.314. The van der Waals surface area contributed by atoms with Crippen LogP contribution in [0.3, 0.4) is 0 Å². The summed E-state index contributed by atoms with van der Waals surface area (Å²) in [6.07, 6.45) is 5.23. The molecular weight excluding hydrogens is 286 g/mol. The lowest BCUT2D eigenvalue weighted by atomic mass is 10.00. The molecule has 3 rings (SSSR count). The van der Waals surface area contributed by atoms with Gasteiger partial charge in [0.05, 0.1) is 12.6 Å². The second-order valence-electron chi connectivity index (χ2n) is 5.65. The average Bonchev–Trinajstić information content (AvgIpc) is 3.19. The van der Waals surface area contributed by atoms with Gasteiger partial charge < -0.3 is 9.64 Å². The Morgan fingerprint density at radius 2 is 2.38 bits per heavy atom. The number of carbonyl (C=O) groups excluding carboxylic acids is 2. The highest BCUT2D eigenvalue weighted by atomic mass is 32.1. The molecule has 1 aromatic heterocycles. The summed E-state index contributed by atoms with van der Waals surface area (Å²) in [5.41, 5.74) is 0.792. The number of hydrogen-bond donors (Lipinski definition) is 0. The number of likely N-dealkylation sites (tertiary alicyclic amines) is 1. The number of hydrogen-bond acceptors (Lipinski definition) is 4. The zero-order valence-electron chi connectivity index (χ0n) is 12.1. The van der Waals surface area contributed by atoms with E-state index in [1.54, 1.807) is 16.2 Å². The molecule has 1 aliphatic heterocycles. The van der Waals surface area contributed by atoms with Gasteiger partial charge in [-0.3, -0.25) is 4.79 Å². The lowest BCUT2D eigenvalue weighted by Gasteiger charge is -2.23. The highest BCUT2D eigenvalue weighted by Crippen LogP contribution is 2.39. The Morgan fingerprint density at radius 3 is 3.05 bits per heavy atom. The highest BCUT2D eigenvalue weighted by Gasteiger charge is 2.39. The van der Waals surface area contributed by atoms with Gasteiger partial charge in [-0.2, -0.15) is 0 Å². The van der Waals surface area contributed by atoms with Gasteiger partial charge in [0.1, 0.15) is 0 Å². The van der Waals surface area contributed by atoms with Crippen molar-refractivity contribution < 1.29 is 14.3 Å². The van der Waals surface area contributed by atoms with Crippen molar-refractivity contribution >= 4 is 23.2 Å². The third-order valence-corrected chi connectivity index (χ3v) is 5.20. The van der Waals surface area contributed by atoms with Crippen LogP contribution in [-0.4, -0.2) is 30.4 Å². The summed E-state index contributed by atoms with van der Waals surface area (Å²) >= 11 is 1.64. The Hall–Kier alpha value is -1.62. The van der Waals surface area contributed by atoms with Crippen molar-refractivity contribution in [3.8, 4) is 0 Å². The molecule has 2 aliphatic rings. The fourth-order valence-corrected chi connectivity index (χ4v) is 4.08. The van der Waals surface area contributed by atoms with E-state index in [2.05, 4.69) is 0 Å². The molecule has 0 N–H and O–H groups in total. The van der Waals surface area contributed by atoms with Gasteiger partial charge in [-0.1, -0.05) is 12.1 Å². The predicted octanol–water partition coefficient (Wildman–Crippen LogP) is 2.92. The summed E-state index contributed by atoms with van der Waals surface area (Å²) in [6, 6.07) is 4.06. The molecule has 112 valence electrons. The van der Waals surface area contributed by atoms with Crippen molar-refractivity contribution in [2.75, 3.05) is 13.7 Å². The molecule has 1 fully saturated rings. The molecule has 21 heavy (non-hydrogen) atoms. The zero-order valence-corrected chi connectivity index (χ0v) is 12.9. The van der Waals surface area contributed by atoms with Crippen LogP contribution in [0.5, 0.6) is 0 Å². The van der Waals surface area contributed by atoms with Gasteiger partial charge in [0.15, 0.2) is 0 Å². The molecular formula is C16H19NO3S. The molecule has 1 aliphatic carbocycles. The molecule has 2 heterocycles. The van der Waals surface area contributed by atoms with E-state index in [9.17, 15) is 9.59 Å². The minimum absolute atomic E-state index is 0.0304. The van der Waals surface area contributed by atoms with E-state index in [1.165, 1.54) is 0 Å². The largest absolute Gasteiger partial charge is 0.462 e. The zero-order chi connectivity index (χ0) is 14.8. The normalized spacial score (nSPS) is 25.3. The second-order valence-corrected chi connectivity index (χ2v) is 6.63. The highest BCUT2D eigenvalue weighted by molar-refractivity contribution is 7.10. The van der Waals surface area contributed by atoms with Crippen LogP contribution in [-0.2, 0) is 14.3 Å². The molecule has 0 spiro atoms. The van der Waals surface area contributed by atoms with E-state index in [-0.39, 0.29) is 23.8 Å². The fraction of sp³-hybridized carbons (Fsp3) is 0.500. The first-order chi connectivity index (χ1) is 10.2. The Labute approximate surface area is 128 Å². The first kappa shape index (κ1) is 14.3. The predicted molar refractivity (Wildman–Crippen MR) is 80.8 cm³/mol. The van der Waals surface area contributed by atoms with Crippen LogP contribution in [0.4, 0.5) is 0 Å². The van der Waals surface area contributed by atoms with Crippen molar-refractivity contribution in [2.24, 2.45) is 5.92 Å². The molecule has 1 amide bonds. The van der Waals surface area contributed by atoms with Gasteiger partial charge in [-0.25, -0.2) is 4.79 Å². The average molecular weight is 305 g/mol. The van der Waals surface area contributed by atoms with Crippen molar-refractivity contribution in [3.05, 3.63) is 34.0 Å². The summed E-state index contributed by atoms with van der Waals surface area (Å²) < 4.78 is 5.45. The number of esters is 1. The lowest BCUT2D eigenvalue weighted by Crippen LogP contribution is -2.25. The topological polar surface area (TPSA) is 46.6 Å². The van der Waals surface area contributed by atoms with Crippen LogP contribution in [0.1, 0.15) is 36.6 Å². The minimum Gasteiger partial charge on any atom is -0.462 e. The Morgan fingerprint density at radius 1 is 1.52 bits per heavy atom. The number of thiophene rings is 1. The molecule has 0 saturated carbocycles. The van der Waals surface area contributed by atoms with Crippen LogP contribution in [0.25, 0.3) is 0 Å². The summed E-state index contributed by atoms with van der Waals surface area (Å²) in [5, 5.41) is 2.01. The molecule has 0 bridgehead atoms. The van der Waals surface area contributed by atoms with E-state index < -0.39 is 0 Å².